The van der Waals surface area contributed by atoms with Crippen LogP contribution in [-0.2, 0) is 15.1 Å². The van der Waals surface area contributed by atoms with Gasteiger partial charge in [-0.3, -0.25) is 0 Å². The third kappa shape index (κ3) is 3.92. The van der Waals surface area contributed by atoms with E-state index >= 15 is 0 Å². The van der Waals surface area contributed by atoms with E-state index in [4.69, 9.17) is 9.47 Å². The Hall–Kier alpha value is -3.21. The molecule has 2 atom stereocenters. The van der Waals surface area contributed by atoms with Crippen LogP contribution in [0.3, 0.4) is 0 Å². The molecule has 5 rings (SSSR count). The second kappa shape index (κ2) is 8.88. The van der Waals surface area contributed by atoms with E-state index in [2.05, 4.69) is 82.8 Å². The van der Waals surface area contributed by atoms with Crippen molar-refractivity contribution in [3.05, 3.63) is 126 Å². The standard InChI is InChI=1S/C27H26N2O2/c1-4-10-21(11-5-1)27(22-12-6-2-7-13-22,23-14-8-3-9-15-23)30-19-24-16-17-26(31-24)25-18-28-20-29-25/h1-15,18,20,24,26H,16-17,19H2,(H,28,29)/t24-,26?/m1/s1. The number of ether oxygens (including phenoxy) is 2. The van der Waals surface area contributed by atoms with Crippen molar-refractivity contribution in [1.29, 1.82) is 0 Å². The second-order valence-electron chi connectivity index (χ2n) is 7.92. The molecule has 3 aromatic carbocycles. The molecule has 0 spiro atoms. The smallest absolute Gasteiger partial charge is 0.143 e. The van der Waals surface area contributed by atoms with Crippen molar-refractivity contribution in [2.75, 3.05) is 6.61 Å². The summed E-state index contributed by atoms with van der Waals surface area (Å²) in [5, 5.41) is 0. The highest BCUT2D eigenvalue weighted by atomic mass is 16.6. The highest BCUT2D eigenvalue weighted by Gasteiger charge is 2.39. The maximum absolute atomic E-state index is 6.89. The number of hydrogen-bond donors (Lipinski definition) is 1. The summed E-state index contributed by atoms with van der Waals surface area (Å²) in [6.45, 7) is 0.503. The van der Waals surface area contributed by atoms with Crippen LogP contribution in [0.2, 0.25) is 0 Å². The van der Waals surface area contributed by atoms with Crippen molar-refractivity contribution in [3.63, 3.8) is 0 Å². The van der Waals surface area contributed by atoms with Crippen LogP contribution in [-0.4, -0.2) is 22.7 Å². The molecule has 0 bridgehead atoms. The van der Waals surface area contributed by atoms with Gasteiger partial charge in [-0.2, -0.15) is 0 Å². The van der Waals surface area contributed by atoms with Gasteiger partial charge in [0.1, 0.15) is 5.60 Å². The molecule has 156 valence electrons. The van der Waals surface area contributed by atoms with Crippen molar-refractivity contribution >= 4 is 0 Å². The van der Waals surface area contributed by atoms with Gasteiger partial charge in [-0.05, 0) is 29.5 Å². The molecular formula is C27H26N2O2. The van der Waals surface area contributed by atoms with Gasteiger partial charge in [0.15, 0.2) is 0 Å². The number of hydrogen-bond acceptors (Lipinski definition) is 3. The second-order valence-corrected chi connectivity index (χ2v) is 7.92. The van der Waals surface area contributed by atoms with E-state index in [0.717, 1.165) is 35.2 Å². The van der Waals surface area contributed by atoms with Gasteiger partial charge in [0.2, 0.25) is 0 Å². The lowest BCUT2D eigenvalue weighted by Crippen LogP contribution is -2.35. The molecule has 1 aromatic heterocycles. The highest BCUT2D eigenvalue weighted by Crippen LogP contribution is 2.41. The van der Waals surface area contributed by atoms with Crippen LogP contribution < -0.4 is 0 Å². The van der Waals surface area contributed by atoms with Crippen molar-refractivity contribution < 1.29 is 9.47 Å². The maximum Gasteiger partial charge on any atom is 0.143 e. The van der Waals surface area contributed by atoms with E-state index in [9.17, 15) is 0 Å². The Morgan fingerprint density at radius 2 is 1.35 bits per heavy atom. The fourth-order valence-electron chi connectivity index (χ4n) is 4.49. The fraction of sp³-hybridized carbons (Fsp3) is 0.222. The first-order valence-corrected chi connectivity index (χ1v) is 10.8. The largest absolute Gasteiger partial charge is 0.366 e. The molecule has 1 saturated heterocycles. The van der Waals surface area contributed by atoms with E-state index in [-0.39, 0.29) is 12.2 Å². The first-order valence-electron chi connectivity index (χ1n) is 10.8. The van der Waals surface area contributed by atoms with Gasteiger partial charge in [-0.1, -0.05) is 91.0 Å². The molecular weight excluding hydrogens is 384 g/mol. The summed E-state index contributed by atoms with van der Waals surface area (Å²) >= 11 is 0. The molecule has 4 nitrogen and oxygen atoms in total. The number of benzene rings is 3. The van der Waals surface area contributed by atoms with Crippen molar-refractivity contribution in [2.45, 2.75) is 30.7 Å². The number of H-pyrrole nitrogens is 1. The van der Waals surface area contributed by atoms with Crippen LogP contribution in [0.5, 0.6) is 0 Å². The molecule has 0 aliphatic carbocycles. The summed E-state index contributed by atoms with van der Waals surface area (Å²) in [7, 11) is 0. The Labute approximate surface area is 182 Å². The summed E-state index contributed by atoms with van der Waals surface area (Å²) < 4.78 is 13.2. The molecule has 4 heteroatoms. The molecule has 2 heterocycles. The number of aromatic amines is 1. The Morgan fingerprint density at radius 1 is 0.806 bits per heavy atom. The van der Waals surface area contributed by atoms with Gasteiger partial charge in [0.05, 0.1) is 37.0 Å². The summed E-state index contributed by atoms with van der Waals surface area (Å²) in [6, 6.07) is 31.4. The Bertz CT molecular complexity index is 970. The van der Waals surface area contributed by atoms with Gasteiger partial charge in [0.25, 0.3) is 0 Å². The van der Waals surface area contributed by atoms with Gasteiger partial charge < -0.3 is 14.5 Å². The molecule has 1 N–H and O–H groups in total. The maximum atomic E-state index is 6.89. The zero-order valence-corrected chi connectivity index (χ0v) is 17.4. The molecule has 0 saturated carbocycles. The van der Waals surface area contributed by atoms with E-state index in [1.165, 1.54) is 0 Å². The quantitative estimate of drug-likeness (QED) is 0.401. The zero-order valence-electron chi connectivity index (χ0n) is 17.4. The summed E-state index contributed by atoms with van der Waals surface area (Å²) in [6.07, 6.45) is 5.55. The fourth-order valence-corrected chi connectivity index (χ4v) is 4.49. The topological polar surface area (TPSA) is 47.1 Å². The molecule has 1 fully saturated rings. The summed E-state index contributed by atoms with van der Waals surface area (Å²) in [5.41, 5.74) is 3.64. The SMILES string of the molecule is c1ccc(C(OC[C@H]2CCC(c3cnc[nH]3)O2)(c2ccccc2)c2ccccc2)cc1. The van der Waals surface area contributed by atoms with Crippen molar-refractivity contribution in [2.24, 2.45) is 0 Å². The average molecular weight is 411 g/mol. The predicted molar refractivity (Wildman–Crippen MR) is 121 cm³/mol. The first-order chi connectivity index (χ1) is 15.4. The normalized spacial score (nSPS) is 18.8. The van der Waals surface area contributed by atoms with E-state index in [0.29, 0.717) is 6.61 Å². The molecule has 0 amide bonds. The van der Waals surface area contributed by atoms with Crippen LogP contribution in [0, 0.1) is 0 Å². The van der Waals surface area contributed by atoms with E-state index < -0.39 is 5.60 Å². The molecule has 0 radical (unpaired) electrons. The molecule has 1 aliphatic rings. The minimum Gasteiger partial charge on any atom is -0.366 e. The molecule has 31 heavy (non-hydrogen) atoms. The number of aromatic nitrogens is 2. The monoisotopic (exact) mass is 410 g/mol. The minimum atomic E-state index is -0.709. The zero-order chi connectivity index (χ0) is 20.9. The Kier molecular flexibility index (Phi) is 5.65. The van der Waals surface area contributed by atoms with Gasteiger partial charge >= 0.3 is 0 Å². The van der Waals surface area contributed by atoms with Gasteiger partial charge in [-0.15, -0.1) is 0 Å². The predicted octanol–water partition coefficient (Wildman–Crippen LogP) is 5.64. The van der Waals surface area contributed by atoms with Crippen LogP contribution in [0.4, 0.5) is 0 Å². The average Bonchev–Trinajstić information content (AvgIpc) is 3.54. The van der Waals surface area contributed by atoms with Gasteiger partial charge in [0, 0.05) is 0 Å². The minimum absolute atomic E-state index is 0.0313. The van der Waals surface area contributed by atoms with Crippen molar-refractivity contribution in [3.8, 4) is 0 Å². The van der Waals surface area contributed by atoms with Gasteiger partial charge in [-0.25, -0.2) is 4.98 Å². The molecule has 1 unspecified atom stereocenters. The van der Waals surface area contributed by atoms with Crippen molar-refractivity contribution in [1.82, 2.24) is 9.97 Å². The molecule has 4 aromatic rings. The van der Waals surface area contributed by atoms with E-state index in [1.807, 2.05) is 24.4 Å². The third-order valence-corrected chi connectivity index (χ3v) is 6.00. The Balaban J connectivity index is 1.50. The number of rotatable bonds is 7. The Morgan fingerprint density at radius 3 is 1.84 bits per heavy atom. The van der Waals surface area contributed by atoms with E-state index in [1.54, 1.807) is 6.33 Å². The lowest BCUT2D eigenvalue weighted by atomic mass is 9.80. The summed E-state index contributed by atoms with van der Waals surface area (Å²) in [5.74, 6) is 0. The lowest BCUT2D eigenvalue weighted by molar-refractivity contribution is -0.0628. The van der Waals surface area contributed by atoms with Crippen LogP contribution in [0.15, 0.2) is 104 Å². The van der Waals surface area contributed by atoms with Crippen LogP contribution in [0.1, 0.15) is 41.3 Å². The summed E-state index contributed by atoms with van der Waals surface area (Å²) in [4.78, 5) is 7.30. The highest BCUT2D eigenvalue weighted by molar-refractivity contribution is 5.47. The molecule has 1 aliphatic heterocycles. The first kappa shape index (κ1) is 19.7. The number of imidazole rings is 1. The van der Waals surface area contributed by atoms with Crippen LogP contribution >= 0.6 is 0 Å². The third-order valence-electron chi connectivity index (χ3n) is 6.00. The number of nitrogens with zero attached hydrogens (tertiary/aromatic N) is 1. The van der Waals surface area contributed by atoms with Crippen LogP contribution in [0.25, 0.3) is 0 Å². The lowest BCUT2D eigenvalue weighted by Gasteiger charge is -2.36. The number of nitrogens with one attached hydrogen (secondary N) is 1.